The summed E-state index contributed by atoms with van der Waals surface area (Å²) in [6.45, 7) is 4.29. The van der Waals surface area contributed by atoms with Crippen LogP contribution in [0.3, 0.4) is 0 Å². The van der Waals surface area contributed by atoms with Gasteiger partial charge in [-0.25, -0.2) is 4.39 Å². The van der Waals surface area contributed by atoms with Crippen LogP contribution in [0.25, 0.3) is 10.4 Å². The highest BCUT2D eigenvalue weighted by Crippen LogP contribution is 2.29. The molecule has 1 unspecified atom stereocenters. The zero-order valence-corrected chi connectivity index (χ0v) is 20.2. The molecule has 2 fully saturated rings. The molecule has 8 heteroatoms. The zero-order valence-electron chi connectivity index (χ0n) is 19.4. The van der Waals surface area contributed by atoms with Gasteiger partial charge in [-0.3, -0.25) is 14.5 Å². The summed E-state index contributed by atoms with van der Waals surface area (Å²) in [6, 6.07) is 17.9. The number of benzene rings is 2. The maximum Gasteiger partial charge on any atom is 0.254 e. The second kappa shape index (κ2) is 10.7. The zero-order chi connectivity index (χ0) is 24.2. The summed E-state index contributed by atoms with van der Waals surface area (Å²) in [6.07, 6.45) is 1.21. The Balaban J connectivity index is 1.14. The summed E-state index contributed by atoms with van der Waals surface area (Å²) in [5.74, 6) is -0.411. The Hall–Kier alpha value is -3.07. The van der Waals surface area contributed by atoms with E-state index in [0.29, 0.717) is 30.9 Å². The van der Waals surface area contributed by atoms with E-state index in [-0.39, 0.29) is 17.6 Å². The van der Waals surface area contributed by atoms with Gasteiger partial charge in [0.15, 0.2) is 0 Å². The summed E-state index contributed by atoms with van der Waals surface area (Å²) >= 11 is 1.68. The quantitative estimate of drug-likeness (QED) is 0.544. The van der Waals surface area contributed by atoms with Gasteiger partial charge in [-0.1, -0.05) is 18.2 Å². The van der Waals surface area contributed by atoms with Gasteiger partial charge in [0.1, 0.15) is 11.9 Å². The first kappa shape index (κ1) is 23.7. The molecule has 35 heavy (non-hydrogen) atoms. The lowest BCUT2D eigenvalue weighted by Gasteiger charge is -2.34. The van der Waals surface area contributed by atoms with Gasteiger partial charge in [0.05, 0.1) is 0 Å². The molecule has 0 aliphatic carbocycles. The smallest absolute Gasteiger partial charge is 0.254 e. The van der Waals surface area contributed by atoms with Crippen LogP contribution in [0.15, 0.2) is 60.7 Å². The highest BCUT2D eigenvalue weighted by Gasteiger charge is 2.25. The van der Waals surface area contributed by atoms with Gasteiger partial charge in [0, 0.05) is 60.3 Å². The van der Waals surface area contributed by atoms with Crippen molar-refractivity contribution < 1.29 is 18.7 Å². The number of nitrogens with zero attached hydrogens (tertiary/aromatic N) is 2. The molecule has 2 saturated heterocycles. The van der Waals surface area contributed by atoms with Gasteiger partial charge in [0.25, 0.3) is 11.8 Å². The second-order valence-corrected chi connectivity index (χ2v) is 10.1. The second-order valence-electron chi connectivity index (χ2n) is 8.92. The van der Waals surface area contributed by atoms with Gasteiger partial charge in [-0.2, -0.15) is 0 Å². The standard InChI is InChI=1S/C27H28FN3O3S/c28-21-6-1-4-19(16-21)25-10-9-23(35-25)18-30-11-13-31(14-12-30)27(33)20-5-2-7-22(17-20)29-26(32)24-8-3-15-34-24/h1-2,4-7,9-10,16-17,24H,3,8,11-15,18H2,(H,29,32). The highest BCUT2D eigenvalue weighted by molar-refractivity contribution is 7.15. The predicted molar refractivity (Wildman–Crippen MR) is 135 cm³/mol. The van der Waals surface area contributed by atoms with Crippen LogP contribution in [-0.2, 0) is 16.1 Å². The Labute approximate surface area is 208 Å². The highest BCUT2D eigenvalue weighted by atomic mass is 32.1. The lowest BCUT2D eigenvalue weighted by Crippen LogP contribution is -2.48. The number of halogens is 1. The van der Waals surface area contributed by atoms with Crippen molar-refractivity contribution in [3.05, 3.63) is 76.9 Å². The number of hydrogen-bond donors (Lipinski definition) is 1. The molecule has 1 N–H and O–H groups in total. The maximum absolute atomic E-state index is 13.5. The first-order valence-electron chi connectivity index (χ1n) is 11.9. The number of piperazine rings is 1. The van der Waals surface area contributed by atoms with Gasteiger partial charge < -0.3 is 15.0 Å². The molecule has 3 heterocycles. The molecule has 0 spiro atoms. The molecule has 182 valence electrons. The maximum atomic E-state index is 13.5. The van der Waals surface area contributed by atoms with Crippen LogP contribution in [-0.4, -0.2) is 60.5 Å². The molecule has 2 aromatic carbocycles. The Morgan fingerprint density at radius 1 is 1.03 bits per heavy atom. The predicted octanol–water partition coefficient (Wildman–Crippen LogP) is 4.63. The molecule has 0 saturated carbocycles. The number of carbonyl (C=O) groups excluding carboxylic acids is 2. The van der Waals surface area contributed by atoms with E-state index >= 15 is 0 Å². The van der Waals surface area contributed by atoms with E-state index in [2.05, 4.69) is 16.3 Å². The molecule has 0 radical (unpaired) electrons. The molecule has 6 nitrogen and oxygen atoms in total. The average molecular weight is 494 g/mol. The van der Waals surface area contributed by atoms with E-state index in [1.165, 1.54) is 10.9 Å². The number of thiophene rings is 1. The Bertz CT molecular complexity index is 1200. The number of hydrogen-bond acceptors (Lipinski definition) is 5. The van der Waals surface area contributed by atoms with E-state index in [1.807, 2.05) is 17.0 Å². The summed E-state index contributed by atoms with van der Waals surface area (Å²) in [4.78, 5) is 31.9. The Morgan fingerprint density at radius 2 is 1.86 bits per heavy atom. The van der Waals surface area contributed by atoms with E-state index in [1.54, 1.807) is 47.7 Å². The van der Waals surface area contributed by atoms with Gasteiger partial charge in [-0.05, 0) is 60.9 Å². The molecule has 2 aliphatic rings. The number of carbonyl (C=O) groups is 2. The molecular formula is C27H28FN3O3S. The fourth-order valence-corrected chi connectivity index (χ4v) is 5.56. The number of anilines is 1. The van der Waals surface area contributed by atoms with Gasteiger partial charge in [-0.15, -0.1) is 11.3 Å². The van der Waals surface area contributed by atoms with Crippen LogP contribution in [0.4, 0.5) is 10.1 Å². The van der Waals surface area contributed by atoms with Crippen molar-refractivity contribution in [3.63, 3.8) is 0 Å². The van der Waals surface area contributed by atoms with Crippen molar-refractivity contribution in [2.45, 2.75) is 25.5 Å². The Morgan fingerprint density at radius 3 is 2.63 bits per heavy atom. The van der Waals surface area contributed by atoms with Crippen LogP contribution in [0.5, 0.6) is 0 Å². The summed E-state index contributed by atoms with van der Waals surface area (Å²) in [5, 5.41) is 2.87. The van der Waals surface area contributed by atoms with Crippen molar-refractivity contribution in [1.29, 1.82) is 0 Å². The van der Waals surface area contributed by atoms with Crippen LogP contribution < -0.4 is 5.32 Å². The molecule has 2 aliphatic heterocycles. The van der Waals surface area contributed by atoms with Gasteiger partial charge in [0.2, 0.25) is 0 Å². The number of rotatable bonds is 6. The van der Waals surface area contributed by atoms with Crippen LogP contribution in [0.1, 0.15) is 28.1 Å². The molecular weight excluding hydrogens is 465 g/mol. The van der Waals surface area contributed by atoms with Crippen molar-refractivity contribution in [2.24, 2.45) is 0 Å². The fourth-order valence-electron chi connectivity index (χ4n) is 4.51. The first-order valence-corrected chi connectivity index (χ1v) is 12.8. The lowest BCUT2D eigenvalue weighted by atomic mass is 10.1. The van der Waals surface area contributed by atoms with Crippen molar-refractivity contribution in [1.82, 2.24) is 9.80 Å². The van der Waals surface area contributed by atoms with Gasteiger partial charge >= 0.3 is 0 Å². The summed E-state index contributed by atoms with van der Waals surface area (Å²) < 4.78 is 19.0. The molecule has 0 bridgehead atoms. The largest absolute Gasteiger partial charge is 0.368 e. The monoisotopic (exact) mass is 493 g/mol. The third-order valence-electron chi connectivity index (χ3n) is 6.41. The molecule has 1 atom stereocenters. The van der Waals surface area contributed by atoms with E-state index in [0.717, 1.165) is 42.9 Å². The average Bonchev–Trinajstić information content (AvgIpc) is 3.57. The lowest BCUT2D eigenvalue weighted by molar-refractivity contribution is -0.124. The molecule has 2 amide bonds. The fraction of sp³-hybridized carbons (Fsp3) is 0.333. The van der Waals surface area contributed by atoms with E-state index < -0.39 is 6.10 Å². The minimum atomic E-state index is -0.407. The third kappa shape index (κ3) is 5.78. The first-order chi connectivity index (χ1) is 17.0. The van der Waals surface area contributed by atoms with Crippen molar-refractivity contribution >= 4 is 28.8 Å². The number of nitrogens with one attached hydrogen (secondary N) is 1. The molecule has 5 rings (SSSR count). The van der Waals surface area contributed by atoms with Crippen LogP contribution >= 0.6 is 11.3 Å². The minimum absolute atomic E-state index is 0.0256. The van der Waals surface area contributed by atoms with E-state index in [9.17, 15) is 14.0 Å². The van der Waals surface area contributed by atoms with Crippen molar-refractivity contribution in [3.8, 4) is 10.4 Å². The molecule has 3 aromatic rings. The topological polar surface area (TPSA) is 61.9 Å². The molecule has 1 aromatic heterocycles. The minimum Gasteiger partial charge on any atom is -0.368 e. The summed E-state index contributed by atoms with van der Waals surface area (Å²) in [7, 11) is 0. The van der Waals surface area contributed by atoms with E-state index in [4.69, 9.17) is 4.74 Å². The Kier molecular flexibility index (Phi) is 7.22. The normalized spacial score (nSPS) is 18.5. The van der Waals surface area contributed by atoms with Crippen LogP contribution in [0, 0.1) is 5.82 Å². The summed E-state index contributed by atoms with van der Waals surface area (Å²) in [5.41, 5.74) is 2.08. The number of ether oxygens (including phenoxy) is 1. The third-order valence-corrected chi connectivity index (χ3v) is 7.53. The van der Waals surface area contributed by atoms with Crippen molar-refractivity contribution in [2.75, 3.05) is 38.1 Å². The SMILES string of the molecule is O=C(Nc1cccc(C(=O)N2CCN(Cc3ccc(-c4cccc(F)c4)s3)CC2)c1)C1CCCO1. The number of amides is 2. The van der Waals surface area contributed by atoms with Crippen LogP contribution in [0.2, 0.25) is 0 Å².